The minimum absolute atomic E-state index is 0.0810. The van der Waals surface area contributed by atoms with Crippen molar-refractivity contribution in [3.63, 3.8) is 0 Å². The quantitative estimate of drug-likeness (QED) is 0.467. The predicted octanol–water partition coefficient (Wildman–Crippen LogP) is -0.0705. The highest BCUT2D eigenvalue weighted by atomic mass is 16.2. The first kappa shape index (κ1) is 5.15. The van der Waals surface area contributed by atoms with Crippen LogP contribution in [0.15, 0.2) is 11.3 Å². The summed E-state index contributed by atoms with van der Waals surface area (Å²) < 4.78 is 0. The number of rotatable bonds is 0. The van der Waals surface area contributed by atoms with Crippen molar-refractivity contribution in [1.82, 2.24) is 10.9 Å². The second kappa shape index (κ2) is 1.51. The van der Waals surface area contributed by atoms with E-state index in [1.165, 1.54) is 0 Å². The summed E-state index contributed by atoms with van der Waals surface area (Å²) in [6.07, 6.45) is 0. The van der Waals surface area contributed by atoms with Gasteiger partial charge in [0.05, 0.1) is 5.70 Å². The van der Waals surface area contributed by atoms with Gasteiger partial charge in [-0.25, -0.2) is 5.43 Å². The van der Waals surface area contributed by atoms with Crippen molar-refractivity contribution in [2.75, 3.05) is 0 Å². The van der Waals surface area contributed by atoms with Crippen molar-refractivity contribution in [1.29, 1.82) is 0 Å². The van der Waals surface area contributed by atoms with Crippen LogP contribution in [-0.2, 0) is 4.79 Å². The largest absolute Gasteiger partial charge is 0.268 e. The molecular weight excluding hydrogens is 104 g/mol. The molecule has 0 aromatic carbocycles. The summed E-state index contributed by atoms with van der Waals surface area (Å²) in [5.74, 6) is -0.0810. The molecule has 8 heavy (non-hydrogen) atoms. The number of hydrogen-bond acceptors (Lipinski definition) is 1. The lowest BCUT2D eigenvalue weighted by molar-refractivity contribution is -0.117. The molecular formula is C5H7N2O. The van der Waals surface area contributed by atoms with Gasteiger partial charge in [0, 0.05) is 5.57 Å². The van der Waals surface area contributed by atoms with Gasteiger partial charge >= 0.3 is 0 Å². The Kier molecular flexibility index (Phi) is 0.970. The van der Waals surface area contributed by atoms with Crippen LogP contribution in [0, 0.1) is 0 Å². The van der Waals surface area contributed by atoms with Crippen LogP contribution in [0.2, 0.25) is 0 Å². The molecule has 43 valence electrons. The number of carbonyl (C=O) groups excluding carboxylic acids is 1. The summed E-state index contributed by atoms with van der Waals surface area (Å²) in [6, 6.07) is 0. The lowest BCUT2D eigenvalue weighted by Crippen LogP contribution is -2.21. The average molecular weight is 111 g/mol. The number of hydrogen-bond donors (Lipinski definition) is 1. The maximum absolute atomic E-state index is 10.5. The molecule has 3 nitrogen and oxygen atoms in total. The minimum atomic E-state index is -0.0810. The van der Waals surface area contributed by atoms with Gasteiger partial charge in [0.25, 0.3) is 5.91 Å². The van der Waals surface area contributed by atoms with E-state index in [0.29, 0.717) is 5.57 Å². The van der Waals surface area contributed by atoms with Gasteiger partial charge in [-0.05, 0) is 13.8 Å². The summed E-state index contributed by atoms with van der Waals surface area (Å²) in [4.78, 5) is 10.5. The standard InChI is InChI=1S/C5H7N2O/c1-3-4(2)6-7-5(3)8/h1-2H3,(H,7,8). The van der Waals surface area contributed by atoms with E-state index in [1.54, 1.807) is 13.8 Å². The lowest BCUT2D eigenvalue weighted by atomic mass is 10.3. The zero-order valence-electron chi connectivity index (χ0n) is 4.86. The van der Waals surface area contributed by atoms with E-state index < -0.39 is 0 Å². The summed E-state index contributed by atoms with van der Waals surface area (Å²) in [6.45, 7) is 3.55. The van der Waals surface area contributed by atoms with Crippen LogP contribution in [0.4, 0.5) is 0 Å². The Balaban J connectivity index is 2.86. The molecule has 1 amide bonds. The molecule has 1 rings (SSSR count). The second-order valence-electron chi connectivity index (χ2n) is 1.76. The molecule has 1 aliphatic rings. The third-order valence-electron chi connectivity index (χ3n) is 1.21. The summed E-state index contributed by atoms with van der Waals surface area (Å²) >= 11 is 0. The SMILES string of the molecule is CC1=C(C)C(=O)N[N]1. The Morgan fingerprint density at radius 3 is 2.25 bits per heavy atom. The van der Waals surface area contributed by atoms with Gasteiger partial charge in [-0.1, -0.05) is 0 Å². The van der Waals surface area contributed by atoms with Gasteiger partial charge in [-0.2, -0.15) is 5.43 Å². The lowest BCUT2D eigenvalue weighted by Gasteiger charge is -1.85. The fourth-order valence-corrected chi connectivity index (χ4v) is 0.467. The number of nitrogens with one attached hydrogen (secondary N) is 1. The van der Waals surface area contributed by atoms with E-state index in [9.17, 15) is 4.79 Å². The fraction of sp³-hybridized carbons (Fsp3) is 0.400. The number of nitrogens with zero attached hydrogens (tertiary/aromatic N) is 1. The van der Waals surface area contributed by atoms with E-state index in [-0.39, 0.29) is 5.91 Å². The van der Waals surface area contributed by atoms with E-state index in [4.69, 9.17) is 0 Å². The molecule has 1 aliphatic heterocycles. The molecule has 0 saturated carbocycles. The Hall–Kier alpha value is -0.990. The molecule has 0 aromatic heterocycles. The summed E-state index contributed by atoms with van der Waals surface area (Å²) in [5, 5.41) is 0. The molecule has 0 fully saturated rings. The van der Waals surface area contributed by atoms with Crippen LogP contribution in [0.25, 0.3) is 0 Å². The van der Waals surface area contributed by atoms with Crippen molar-refractivity contribution < 1.29 is 4.79 Å². The Bertz CT molecular complexity index is 160. The predicted molar refractivity (Wildman–Crippen MR) is 28.7 cm³/mol. The summed E-state index contributed by atoms with van der Waals surface area (Å²) in [5.41, 5.74) is 7.51. The zero-order chi connectivity index (χ0) is 6.15. The monoisotopic (exact) mass is 111 g/mol. The van der Waals surface area contributed by atoms with Crippen LogP contribution in [-0.4, -0.2) is 5.91 Å². The average Bonchev–Trinajstić information content (AvgIpc) is 1.98. The molecule has 0 saturated heterocycles. The van der Waals surface area contributed by atoms with Crippen molar-refractivity contribution in [3.05, 3.63) is 11.3 Å². The van der Waals surface area contributed by atoms with Gasteiger partial charge in [0.2, 0.25) is 0 Å². The van der Waals surface area contributed by atoms with E-state index in [2.05, 4.69) is 10.9 Å². The zero-order valence-corrected chi connectivity index (χ0v) is 4.86. The Morgan fingerprint density at radius 2 is 2.12 bits per heavy atom. The Morgan fingerprint density at radius 1 is 1.50 bits per heavy atom. The smallest absolute Gasteiger partial charge is 0.268 e. The molecule has 3 heteroatoms. The maximum atomic E-state index is 10.5. The van der Waals surface area contributed by atoms with Crippen LogP contribution >= 0.6 is 0 Å². The van der Waals surface area contributed by atoms with E-state index in [0.717, 1.165) is 5.70 Å². The van der Waals surface area contributed by atoms with Crippen LogP contribution < -0.4 is 10.9 Å². The highest BCUT2D eigenvalue weighted by Gasteiger charge is 2.14. The molecule has 0 aliphatic carbocycles. The fourth-order valence-electron chi connectivity index (χ4n) is 0.467. The Labute approximate surface area is 47.7 Å². The molecule has 0 unspecified atom stereocenters. The van der Waals surface area contributed by atoms with E-state index >= 15 is 0 Å². The van der Waals surface area contributed by atoms with Crippen LogP contribution in [0.1, 0.15) is 13.8 Å². The van der Waals surface area contributed by atoms with Crippen molar-refractivity contribution in [2.45, 2.75) is 13.8 Å². The highest BCUT2D eigenvalue weighted by molar-refractivity contribution is 5.95. The van der Waals surface area contributed by atoms with Gasteiger partial charge in [0.1, 0.15) is 0 Å². The topological polar surface area (TPSA) is 43.2 Å². The number of allylic oxidation sites excluding steroid dienone is 1. The molecule has 0 aromatic rings. The van der Waals surface area contributed by atoms with Crippen molar-refractivity contribution >= 4 is 5.91 Å². The highest BCUT2D eigenvalue weighted by Crippen LogP contribution is 2.04. The molecule has 1 radical (unpaired) electrons. The van der Waals surface area contributed by atoms with Crippen LogP contribution in [0.5, 0.6) is 0 Å². The van der Waals surface area contributed by atoms with Crippen molar-refractivity contribution in [3.8, 4) is 0 Å². The molecule has 0 bridgehead atoms. The summed E-state index contributed by atoms with van der Waals surface area (Å²) in [7, 11) is 0. The van der Waals surface area contributed by atoms with Crippen molar-refractivity contribution in [2.24, 2.45) is 0 Å². The molecule has 1 heterocycles. The van der Waals surface area contributed by atoms with Gasteiger partial charge in [-0.3, -0.25) is 4.79 Å². The second-order valence-corrected chi connectivity index (χ2v) is 1.76. The first-order valence-corrected chi connectivity index (χ1v) is 2.40. The normalized spacial score (nSPS) is 18.5. The third kappa shape index (κ3) is 0.559. The number of carbonyl (C=O) groups is 1. The van der Waals surface area contributed by atoms with Gasteiger partial charge < -0.3 is 0 Å². The molecule has 1 N–H and O–H groups in total. The van der Waals surface area contributed by atoms with Crippen LogP contribution in [0.3, 0.4) is 0 Å². The minimum Gasteiger partial charge on any atom is -0.268 e. The first-order chi connectivity index (χ1) is 3.72. The third-order valence-corrected chi connectivity index (χ3v) is 1.21. The number of amides is 1. The maximum Gasteiger partial charge on any atom is 0.268 e. The van der Waals surface area contributed by atoms with Gasteiger partial charge in [-0.15, -0.1) is 0 Å². The first-order valence-electron chi connectivity index (χ1n) is 2.40. The van der Waals surface area contributed by atoms with Gasteiger partial charge in [0.15, 0.2) is 0 Å². The van der Waals surface area contributed by atoms with E-state index in [1.807, 2.05) is 0 Å². The molecule has 0 spiro atoms. The molecule has 0 atom stereocenters.